The van der Waals surface area contributed by atoms with E-state index in [1.807, 2.05) is 23.6 Å². The van der Waals surface area contributed by atoms with E-state index in [9.17, 15) is 8.78 Å². The van der Waals surface area contributed by atoms with E-state index < -0.39 is 6.61 Å². The first-order valence-corrected chi connectivity index (χ1v) is 7.56. The lowest BCUT2D eigenvalue weighted by molar-refractivity contribution is -0.0498. The molecule has 126 valence electrons. The van der Waals surface area contributed by atoms with Crippen molar-refractivity contribution in [2.75, 3.05) is 7.05 Å². The number of nitrogens with one attached hydrogen (secondary N) is 2. The molecule has 0 amide bonds. The van der Waals surface area contributed by atoms with Crippen molar-refractivity contribution >= 4 is 41.3 Å². The number of rotatable bonds is 6. The first kappa shape index (κ1) is 19.6. The standard InChI is InChI=1S/C15H17F2N3OS.HI/c1-18-15(20-10-13-6-3-7-22-13)19-9-11-4-2-5-12(8-11)21-14(16)17;/h2-8,14H,9-10H2,1H3,(H2,18,19,20);1H. The van der Waals surface area contributed by atoms with Crippen LogP contribution in [0.4, 0.5) is 8.78 Å². The van der Waals surface area contributed by atoms with E-state index in [0.717, 1.165) is 5.56 Å². The maximum atomic E-state index is 12.2. The van der Waals surface area contributed by atoms with Gasteiger partial charge in [-0.05, 0) is 29.1 Å². The molecule has 23 heavy (non-hydrogen) atoms. The fourth-order valence-electron chi connectivity index (χ4n) is 1.82. The molecule has 0 spiro atoms. The molecular weight excluding hydrogens is 435 g/mol. The highest BCUT2D eigenvalue weighted by Crippen LogP contribution is 2.15. The minimum atomic E-state index is -2.82. The van der Waals surface area contributed by atoms with Crippen LogP contribution in [0, 0.1) is 0 Å². The van der Waals surface area contributed by atoms with Gasteiger partial charge in [-0.15, -0.1) is 35.3 Å². The maximum Gasteiger partial charge on any atom is 0.387 e. The predicted octanol–water partition coefficient (Wildman–Crippen LogP) is 3.83. The number of aliphatic imine (C=N–C) groups is 1. The van der Waals surface area contributed by atoms with Crippen LogP contribution in [0.2, 0.25) is 0 Å². The summed E-state index contributed by atoms with van der Waals surface area (Å²) in [4.78, 5) is 5.33. The highest BCUT2D eigenvalue weighted by Gasteiger charge is 2.05. The number of hydrogen-bond donors (Lipinski definition) is 2. The number of guanidine groups is 1. The van der Waals surface area contributed by atoms with Crippen molar-refractivity contribution < 1.29 is 13.5 Å². The molecule has 2 rings (SSSR count). The molecule has 0 saturated heterocycles. The molecule has 1 aromatic carbocycles. The van der Waals surface area contributed by atoms with Gasteiger partial charge < -0.3 is 15.4 Å². The Bertz CT molecular complexity index is 609. The Morgan fingerprint density at radius 3 is 2.65 bits per heavy atom. The van der Waals surface area contributed by atoms with E-state index >= 15 is 0 Å². The molecule has 2 N–H and O–H groups in total. The van der Waals surface area contributed by atoms with E-state index in [0.29, 0.717) is 19.0 Å². The minimum Gasteiger partial charge on any atom is -0.435 e. The van der Waals surface area contributed by atoms with E-state index in [1.54, 1.807) is 30.5 Å². The summed E-state index contributed by atoms with van der Waals surface area (Å²) in [5, 5.41) is 8.33. The van der Waals surface area contributed by atoms with Gasteiger partial charge in [-0.2, -0.15) is 8.78 Å². The van der Waals surface area contributed by atoms with Gasteiger partial charge in [0.25, 0.3) is 0 Å². The predicted molar refractivity (Wildman–Crippen MR) is 99.8 cm³/mol. The van der Waals surface area contributed by atoms with Crippen molar-refractivity contribution in [3.05, 3.63) is 52.2 Å². The summed E-state index contributed by atoms with van der Waals surface area (Å²) in [6.07, 6.45) is 0. The molecule has 4 nitrogen and oxygen atoms in total. The number of benzene rings is 1. The topological polar surface area (TPSA) is 45.7 Å². The van der Waals surface area contributed by atoms with Crippen molar-refractivity contribution in [1.82, 2.24) is 10.6 Å². The third-order valence-electron chi connectivity index (χ3n) is 2.82. The van der Waals surface area contributed by atoms with Crippen molar-refractivity contribution in [3.8, 4) is 5.75 Å². The normalized spacial score (nSPS) is 11.0. The first-order valence-electron chi connectivity index (χ1n) is 6.68. The molecule has 0 bridgehead atoms. The highest BCUT2D eigenvalue weighted by molar-refractivity contribution is 14.0. The zero-order valence-corrected chi connectivity index (χ0v) is 15.6. The summed E-state index contributed by atoms with van der Waals surface area (Å²) in [6.45, 7) is -1.67. The molecule has 0 radical (unpaired) electrons. The average molecular weight is 453 g/mol. The number of halogens is 3. The van der Waals surface area contributed by atoms with Crippen LogP contribution in [0.1, 0.15) is 10.4 Å². The lowest BCUT2D eigenvalue weighted by atomic mass is 10.2. The molecule has 0 aliphatic heterocycles. The van der Waals surface area contributed by atoms with Crippen molar-refractivity contribution in [2.45, 2.75) is 19.7 Å². The molecule has 0 unspecified atom stereocenters. The third kappa shape index (κ3) is 7.12. The monoisotopic (exact) mass is 453 g/mol. The van der Waals surface area contributed by atoms with Crippen LogP contribution < -0.4 is 15.4 Å². The number of ether oxygens (including phenoxy) is 1. The van der Waals surface area contributed by atoms with E-state index in [1.165, 1.54) is 10.9 Å². The number of alkyl halides is 2. The van der Waals surface area contributed by atoms with Gasteiger partial charge in [0.05, 0.1) is 6.54 Å². The molecule has 0 saturated carbocycles. The maximum absolute atomic E-state index is 12.2. The molecule has 1 heterocycles. The Hall–Kier alpha value is -1.42. The third-order valence-corrected chi connectivity index (χ3v) is 3.69. The summed E-state index contributed by atoms with van der Waals surface area (Å²) >= 11 is 1.66. The summed E-state index contributed by atoms with van der Waals surface area (Å²) in [7, 11) is 1.68. The van der Waals surface area contributed by atoms with Gasteiger partial charge in [-0.1, -0.05) is 18.2 Å². The van der Waals surface area contributed by atoms with Crippen LogP contribution in [0.25, 0.3) is 0 Å². The molecule has 0 aliphatic rings. The van der Waals surface area contributed by atoms with Crippen LogP contribution in [0.15, 0.2) is 46.8 Å². The van der Waals surface area contributed by atoms with E-state index in [2.05, 4.69) is 20.4 Å². The molecule has 0 aliphatic carbocycles. The Morgan fingerprint density at radius 2 is 2.00 bits per heavy atom. The van der Waals surface area contributed by atoms with Gasteiger partial charge in [0.15, 0.2) is 5.96 Å². The minimum absolute atomic E-state index is 0. The fraction of sp³-hybridized carbons (Fsp3) is 0.267. The smallest absolute Gasteiger partial charge is 0.387 e. The first-order chi connectivity index (χ1) is 10.7. The lowest BCUT2D eigenvalue weighted by Crippen LogP contribution is -2.36. The molecule has 2 aromatic rings. The Kier molecular flexibility index (Phi) is 8.85. The summed E-state index contributed by atoms with van der Waals surface area (Å²) in [5.41, 5.74) is 0.831. The largest absolute Gasteiger partial charge is 0.435 e. The van der Waals surface area contributed by atoms with Gasteiger partial charge in [0.2, 0.25) is 0 Å². The van der Waals surface area contributed by atoms with Crippen molar-refractivity contribution in [1.29, 1.82) is 0 Å². The van der Waals surface area contributed by atoms with Crippen LogP contribution >= 0.6 is 35.3 Å². The zero-order chi connectivity index (χ0) is 15.8. The van der Waals surface area contributed by atoms with Crippen LogP contribution in [0.5, 0.6) is 5.75 Å². The molecular formula is C15H18F2IN3OS. The van der Waals surface area contributed by atoms with Gasteiger partial charge in [-0.25, -0.2) is 0 Å². The summed E-state index contributed by atoms with van der Waals surface area (Å²) in [6, 6.07) is 10.6. The number of thiophene rings is 1. The number of nitrogens with zero attached hydrogens (tertiary/aromatic N) is 1. The molecule has 0 atom stereocenters. The van der Waals surface area contributed by atoms with Gasteiger partial charge >= 0.3 is 6.61 Å². The zero-order valence-electron chi connectivity index (χ0n) is 12.5. The SMILES string of the molecule is CN=C(NCc1cccc(OC(F)F)c1)NCc1cccs1.I. The highest BCUT2D eigenvalue weighted by atomic mass is 127. The second-order valence-electron chi connectivity index (χ2n) is 4.38. The quantitative estimate of drug-likeness (QED) is 0.397. The van der Waals surface area contributed by atoms with Gasteiger partial charge in [0, 0.05) is 18.5 Å². The Morgan fingerprint density at radius 1 is 1.22 bits per heavy atom. The average Bonchev–Trinajstić information content (AvgIpc) is 3.00. The van der Waals surface area contributed by atoms with Crippen LogP contribution in [-0.4, -0.2) is 19.6 Å². The lowest BCUT2D eigenvalue weighted by Gasteiger charge is -2.12. The summed E-state index contributed by atoms with van der Waals surface area (Å²) < 4.78 is 28.8. The van der Waals surface area contributed by atoms with E-state index in [4.69, 9.17) is 0 Å². The second-order valence-corrected chi connectivity index (χ2v) is 5.42. The van der Waals surface area contributed by atoms with Gasteiger partial charge in [0.1, 0.15) is 5.75 Å². The Labute approximate surface area is 155 Å². The molecule has 0 fully saturated rings. The van der Waals surface area contributed by atoms with E-state index in [-0.39, 0.29) is 29.7 Å². The van der Waals surface area contributed by atoms with Crippen LogP contribution in [-0.2, 0) is 13.1 Å². The number of hydrogen-bond acceptors (Lipinski definition) is 3. The van der Waals surface area contributed by atoms with Gasteiger partial charge in [-0.3, -0.25) is 4.99 Å². The van der Waals surface area contributed by atoms with Crippen molar-refractivity contribution in [2.24, 2.45) is 4.99 Å². The fourth-order valence-corrected chi connectivity index (χ4v) is 2.47. The Balaban J connectivity index is 0.00000264. The van der Waals surface area contributed by atoms with Crippen LogP contribution in [0.3, 0.4) is 0 Å². The van der Waals surface area contributed by atoms with Crippen molar-refractivity contribution in [3.63, 3.8) is 0 Å². The summed E-state index contributed by atoms with van der Waals surface area (Å²) in [5.74, 6) is 0.796. The molecule has 1 aromatic heterocycles. The molecule has 8 heteroatoms. The second kappa shape index (κ2) is 10.4.